The van der Waals surface area contributed by atoms with Gasteiger partial charge >= 0.3 is 5.97 Å². The van der Waals surface area contributed by atoms with Crippen molar-refractivity contribution < 1.29 is 32.6 Å². The van der Waals surface area contributed by atoms with Crippen molar-refractivity contribution in [3.8, 4) is 5.75 Å². The van der Waals surface area contributed by atoms with Gasteiger partial charge in [0.2, 0.25) is 0 Å². The van der Waals surface area contributed by atoms with E-state index in [1.54, 1.807) is 29.6 Å². The number of nitrogens with zero attached hydrogens (tertiary/aromatic N) is 2. The van der Waals surface area contributed by atoms with E-state index in [4.69, 9.17) is 4.74 Å². The number of rotatable bonds is 9. The minimum atomic E-state index is -4.08. The van der Waals surface area contributed by atoms with Gasteiger partial charge in [-0.1, -0.05) is 31.4 Å². The van der Waals surface area contributed by atoms with Crippen LogP contribution in [0.5, 0.6) is 5.75 Å². The van der Waals surface area contributed by atoms with Crippen LogP contribution in [-0.4, -0.2) is 72.9 Å². The largest absolute Gasteiger partial charge is 0.497 e. The first-order chi connectivity index (χ1) is 17.7. The van der Waals surface area contributed by atoms with E-state index in [9.17, 15) is 27.9 Å². The van der Waals surface area contributed by atoms with Crippen LogP contribution in [0.3, 0.4) is 0 Å². The van der Waals surface area contributed by atoms with Crippen LogP contribution in [0.1, 0.15) is 48.9 Å². The number of carbonyl (C=O) groups is 3. The molecule has 2 aromatic rings. The molecule has 12 heteroatoms. The lowest BCUT2D eigenvalue weighted by Crippen LogP contribution is -2.56. The summed E-state index contributed by atoms with van der Waals surface area (Å²) in [5.41, 5.74) is 0.252. The van der Waals surface area contributed by atoms with Gasteiger partial charge in [0.1, 0.15) is 9.96 Å². The van der Waals surface area contributed by atoms with Gasteiger partial charge in [0.05, 0.1) is 13.5 Å². The number of sulfonamides is 1. The van der Waals surface area contributed by atoms with Crippen LogP contribution in [0.15, 0.2) is 46.0 Å². The number of ether oxygens (including phenoxy) is 1. The van der Waals surface area contributed by atoms with Crippen molar-refractivity contribution in [1.29, 1.82) is 0 Å². The normalized spacial score (nSPS) is 19.9. The van der Waals surface area contributed by atoms with Gasteiger partial charge in [0.15, 0.2) is 6.17 Å². The molecule has 2 heterocycles. The first-order valence-corrected chi connectivity index (χ1v) is 14.6. The smallest absolute Gasteiger partial charge is 0.305 e. The zero-order valence-corrected chi connectivity index (χ0v) is 22.2. The third kappa shape index (κ3) is 5.97. The third-order valence-electron chi connectivity index (χ3n) is 6.94. The van der Waals surface area contributed by atoms with Gasteiger partial charge in [0.25, 0.3) is 21.8 Å². The summed E-state index contributed by atoms with van der Waals surface area (Å²) in [4.78, 5) is 40.1. The molecule has 37 heavy (non-hydrogen) atoms. The fourth-order valence-electron chi connectivity index (χ4n) is 5.11. The van der Waals surface area contributed by atoms with Crippen molar-refractivity contribution in [3.63, 3.8) is 0 Å². The van der Waals surface area contributed by atoms with Gasteiger partial charge in [-0.25, -0.2) is 8.42 Å². The molecule has 10 nitrogen and oxygen atoms in total. The van der Waals surface area contributed by atoms with Gasteiger partial charge in [-0.05, 0) is 48.4 Å². The summed E-state index contributed by atoms with van der Waals surface area (Å²) >= 11 is 1.03. The monoisotopic (exact) mass is 549 g/mol. The summed E-state index contributed by atoms with van der Waals surface area (Å²) in [5.74, 6) is -1.84. The van der Waals surface area contributed by atoms with Crippen molar-refractivity contribution in [2.45, 2.75) is 54.9 Å². The molecule has 1 aromatic carbocycles. The summed E-state index contributed by atoms with van der Waals surface area (Å²) in [6.45, 7) is -0.0627. The number of methoxy groups -OCH3 is 1. The summed E-state index contributed by atoms with van der Waals surface area (Å²) in [6, 6.07) is 8.83. The van der Waals surface area contributed by atoms with Crippen LogP contribution in [0.25, 0.3) is 0 Å². The second-order valence-electron chi connectivity index (χ2n) is 9.26. The van der Waals surface area contributed by atoms with Crippen LogP contribution in [0.2, 0.25) is 0 Å². The second kappa shape index (κ2) is 11.6. The van der Waals surface area contributed by atoms with E-state index in [-0.39, 0.29) is 35.2 Å². The van der Waals surface area contributed by atoms with Crippen molar-refractivity contribution in [1.82, 2.24) is 14.5 Å². The standard InChI is InChI=1S/C25H31N3O7S2/c1-35-19-10-5-9-18(15-19)25(32)27-12-13-28(37(33,34)22-11-6-14-36-22)24(27)23(31)26-20(16-21(29)30)17-7-3-2-4-8-17/h5-6,9-11,14-15,17,20,24H,2-4,7-8,12-13,16H2,1H3,(H,26,31)(H,29,30). The lowest BCUT2D eigenvalue weighted by Gasteiger charge is -2.33. The molecule has 200 valence electrons. The predicted molar refractivity (Wildman–Crippen MR) is 137 cm³/mol. The molecule has 1 saturated carbocycles. The van der Waals surface area contributed by atoms with Crippen molar-refractivity contribution in [3.05, 3.63) is 47.3 Å². The molecule has 1 aliphatic carbocycles. The third-order valence-corrected chi connectivity index (χ3v) is 10.2. The maximum absolute atomic E-state index is 13.8. The lowest BCUT2D eigenvalue weighted by molar-refractivity contribution is -0.138. The number of hydrogen-bond donors (Lipinski definition) is 2. The van der Waals surface area contributed by atoms with Crippen LogP contribution in [0.4, 0.5) is 0 Å². The summed E-state index contributed by atoms with van der Waals surface area (Å²) in [7, 11) is -2.61. The summed E-state index contributed by atoms with van der Waals surface area (Å²) < 4.78 is 33.3. The molecule has 2 aliphatic rings. The second-order valence-corrected chi connectivity index (χ2v) is 12.3. The van der Waals surface area contributed by atoms with E-state index in [0.717, 1.165) is 47.7 Å². The molecule has 1 aliphatic heterocycles. The number of carboxylic acids is 1. The Bertz CT molecular complexity index is 1230. The van der Waals surface area contributed by atoms with Gasteiger partial charge in [-0.15, -0.1) is 11.3 Å². The Kier molecular flexibility index (Phi) is 8.50. The van der Waals surface area contributed by atoms with E-state index in [0.29, 0.717) is 5.75 Å². The topological polar surface area (TPSA) is 133 Å². The van der Waals surface area contributed by atoms with Crippen LogP contribution >= 0.6 is 11.3 Å². The minimum Gasteiger partial charge on any atom is -0.497 e. The van der Waals surface area contributed by atoms with Crippen LogP contribution < -0.4 is 10.1 Å². The van der Waals surface area contributed by atoms with Crippen LogP contribution in [-0.2, 0) is 19.6 Å². The highest BCUT2D eigenvalue weighted by molar-refractivity contribution is 7.91. The number of thiophene rings is 1. The SMILES string of the molecule is COc1cccc(C(=O)N2CCN(S(=O)(=O)c3cccs3)C2C(=O)NC(CC(=O)O)C2CCCCC2)c1. The van der Waals surface area contributed by atoms with E-state index >= 15 is 0 Å². The Hall–Kier alpha value is -2.96. The van der Waals surface area contributed by atoms with Gasteiger partial charge < -0.3 is 20.1 Å². The Labute approximate surface area is 220 Å². The zero-order chi connectivity index (χ0) is 26.6. The molecule has 2 unspecified atom stereocenters. The molecular formula is C25H31N3O7S2. The highest BCUT2D eigenvalue weighted by Crippen LogP contribution is 2.31. The Morgan fingerprint density at radius 2 is 1.89 bits per heavy atom. The molecule has 0 radical (unpaired) electrons. The maximum Gasteiger partial charge on any atom is 0.305 e. The van der Waals surface area contributed by atoms with Gasteiger partial charge in [0, 0.05) is 24.7 Å². The molecule has 2 atom stereocenters. The first kappa shape index (κ1) is 27.1. The molecule has 2 fully saturated rings. The predicted octanol–water partition coefficient (Wildman–Crippen LogP) is 2.77. The van der Waals surface area contributed by atoms with Crippen LogP contribution in [0, 0.1) is 5.92 Å². The number of amides is 2. The summed E-state index contributed by atoms with van der Waals surface area (Å²) in [5, 5.41) is 14.0. The van der Waals surface area contributed by atoms with E-state index in [1.165, 1.54) is 24.1 Å². The number of nitrogens with one attached hydrogen (secondary N) is 1. The van der Waals surface area contributed by atoms with Gasteiger partial charge in [-0.3, -0.25) is 14.4 Å². The van der Waals surface area contributed by atoms with E-state index in [2.05, 4.69) is 5.32 Å². The van der Waals surface area contributed by atoms with Crippen molar-refractivity contribution in [2.24, 2.45) is 5.92 Å². The molecule has 4 rings (SSSR count). The van der Waals surface area contributed by atoms with E-state index in [1.807, 2.05) is 0 Å². The molecular weight excluding hydrogens is 518 g/mol. The quantitative estimate of drug-likeness (QED) is 0.491. The van der Waals surface area contributed by atoms with Gasteiger partial charge in [-0.2, -0.15) is 4.31 Å². The average Bonchev–Trinajstić information content (AvgIpc) is 3.60. The van der Waals surface area contributed by atoms with Crippen molar-refractivity contribution >= 4 is 39.1 Å². The Morgan fingerprint density at radius 3 is 2.54 bits per heavy atom. The number of hydrogen-bond acceptors (Lipinski definition) is 7. The number of benzene rings is 1. The lowest BCUT2D eigenvalue weighted by atomic mass is 9.82. The Morgan fingerprint density at radius 1 is 1.14 bits per heavy atom. The maximum atomic E-state index is 13.8. The number of aliphatic carboxylic acids is 1. The average molecular weight is 550 g/mol. The van der Waals surface area contributed by atoms with Crippen molar-refractivity contribution in [2.75, 3.05) is 20.2 Å². The molecule has 0 bridgehead atoms. The minimum absolute atomic E-state index is 0.00572. The fraction of sp³-hybridized carbons (Fsp3) is 0.480. The molecule has 1 aromatic heterocycles. The number of carboxylic acid groups (broad SMARTS) is 1. The highest BCUT2D eigenvalue weighted by atomic mass is 32.2. The molecule has 1 saturated heterocycles. The van der Waals surface area contributed by atoms with E-state index < -0.39 is 40.0 Å². The fourth-order valence-corrected chi connectivity index (χ4v) is 7.77. The highest BCUT2D eigenvalue weighted by Gasteiger charge is 2.47. The summed E-state index contributed by atoms with van der Waals surface area (Å²) in [6.07, 6.45) is 2.79. The Balaban J connectivity index is 1.67. The number of carbonyl (C=O) groups excluding carboxylic acids is 2. The molecule has 2 N–H and O–H groups in total. The molecule has 0 spiro atoms. The first-order valence-electron chi connectivity index (χ1n) is 12.2. The molecule has 2 amide bonds. The zero-order valence-electron chi connectivity index (χ0n) is 20.5.